The summed E-state index contributed by atoms with van der Waals surface area (Å²) in [7, 11) is 0. The molecule has 472 valence electrons. The summed E-state index contributed by atoms with van der Waals surface area (Å²) in [4.78, 5) is 11.1. The molecule has 2 unspecified atom stereocenters. The van der Waals surface area contributed by atoms with Crippen LogP contribution >= 0.6 is 68.8 Å². The summed E-state index contributed by atoms with van der Waals surface area (Å²) in [6.45, 7) is 13.9. The zero-order valence-electron chi connectivity index (χ0n) is 54.7. The van der Waals surface area contributed by atoms with Gasteiger partial charge in [0.05, 0.1) is 23.5 Å². The SMILES string of the molecule is CCCCCCCCCCCCC(CCCCCCCCCC)Cc1cc(-c2cc3c(cc(-c4cc(CC(CCCCCCCCCC)CCCCCCCCCCCC)c(-c5ccc(-c6ccc(C)s6)s5)s4)c4nsnc43)c3nsnc23)sc1C. The summed E-state index contributed by atoms with van der Waals surface area (Å²) < 4.78 is 20.6. The molecule has 0 bridgehead atoms. The van der Waals surface area contributed by atoms with Gasteiger partial charge in [0.2, 0.25) is 0 Å². The monoisotopic (exact) mass is 1270 g/mol. The first-order valence-corrected chi connectivity index (χ1v) is 40.4. The topological polar surface area (TPSA) is 51.6 Å². The van der Waals surface area contributed by atoms with Crippen LogP contribution in [0.2, 0.25) is 0 Å². The van der Waals surface area contributed by atoms with Crippen molar-refractivity contribution in [1.29, 1.82) is 0 Å². The van der Waals surface area contributed by atoms with Crippen LogP contribution in [0, 0.1) is 25.7 Å². The molecule has 4 nitrogen and oxygen atoms in total. The smallest absolute Gasteiger partial charge is 0.114 e. The third-order valence-corrected chi connectivity index (χ3v) is 24.8. The zero-order chi connectivity index (χ0) is 60.0. The van der Waals surface area contributed by atoms with Crippen molar-refractivity contribution in [2.45, 2.75) is 311 Å². The van der Waals surface area contributed by atoms with Gasteiger partial charge in [0.1, 0.15) is 22.1 Å². The van der Waals surface area contributed by atoms with Gasteiger partial charge in [0.15, 0.2) is 0 Å². The van der Waals surface area contributed by atoms with E-state index in [1.165, 1.54) is 342 Å². The Balaban J connectivity index is 1.04. The fourth-order valence-corrected chi connectivity index (χ4v) is 19.2. The Bertz CT molecular complexity index is 3110. The van der Waals surface area contributed by atoms with Crippen molar-refractivity contribution < 1.29 is 0 Å². The number of hydrogen-bond acceptors (Lipinski definition) is 10. The van der Waals surface area contributed by atoms with Crippen molar-refractivity contribution in [2.24, 2.45) is 11.8 Å². The molecule has 0 N–H and O–H groups in total. The zero-order valence-corrected chi connectivity index (χ0v) is 59.6. The van der Waals surface area contributed by atoms with Crippen molar-refractivity contribution in [2.75, 3.05) is 0 Å². The van der Waals surface area contributed by atoms with Gasteiger partial charge < -0.3 is 0 Å². The number of benzene rings is 2. The normalized spacial score (nSPS) is 12.8. The van der Waals surface area contributed by atoms with Crippen molar-refractivity contribution in [3.05, 3.63) is 69.4 Å². The second-order valence-electron chi connectivity index (χ2n) is 26.2. The molecule has 2 aromatic carbocycles. The standard InChI is InChI=1S/C76H112N4S6/c1-7-11-15-19-23-27-29-33-37-40-44-59(43-39-35-31-25-21-17-13-9-3)51-61-53-70(82-58(61)6)65-55-63-64(72-74(65)79-85-77-72)56-66(75-73(63)78-86-80-75)71-54-62(76(84-71)69-50-49-68(83-69)67-48-47-57(5)81-67)52-60(45-41-36-32-26-22-18-14-10-4)46-42-38-34-30-28-24-20-16-12-8-2/h47-50,53-56,59-60H,7-46,51-52H2,1-6H3. The minimum absolute atomic E-state index is 0.688. The molecule has 0 aliphatic rings. The van der Waals surface area contributed by atoms with Crippen LogP contribution < -0.4 is 0 Å². The third-order valence-electron chi connectivity index (χ3n) is 18.9. The number of aryl methyl sites for hydroxylation is 2. The molecule has 0 aliphatic carbocycles. The highest BCUT2D eigenvalue weighted by atomic mass is 32.1. The number of nitrogens with zero attached hydrogens (tertiary/aromatic N) is 4. The molecule has 2 atom stereocenters. The molecule has 0 saturated carbocycles. The molecule has 8 aromatic rings. The highest BCUT2D eigenvalue weighted by molar-refractivity contribution is 7.27. The Hall–Kier alpha value is -2.86. The Labute approximate surface area is 547 Å². The summed E-state index contributed by atoms with van der Waals surface area (Å²) in [6.07, 6.45) is 57.8. The number of fused-ring (bicyclic) bond motifs is 5. The van der Waals surface area contributed by atoms with E-state index in [0.29, 0.717) is 5.92 Å². The maximum Gasteiger partial charge on any atom is 0.114 e. The van der Waals surface area contributed by atoms with Crippen LogP contribution in [0.3, 0.4) is 0 Å². The molecule has 6 aromatic heterocycles. The van der Waals surface area contributed by atoms with E-state index < -0.39 is 0 Å². The first-order valence-electron chi connectivity index (χ1n) is 35.6. The quantitative estimate of drug-likeness (QED) is 0.0357. The minimum atomic E-state index is 0.688. The van der Waals surface area contributed by atoms with Gasteiger partial charge in [-0.05, 0) is 98.2 Å². The molecule has 0 spiro atoms. The van der Waals surface area contributed by atoms with Crippen LogP contribution in [0.4, 0.5) is 0 Å². The Kier molecular flexibility index (Phi) is 31.6. The lowest BCUT2D eigenvalue weighted by Crippen LogP contribution is -2.05. The minimum Gasteiger partial charge on any atom is -0.172 e. The summed E-state index contributed by atoms with van der Waals surface area (Å²) in [6, 6.07) is 19.4. The molecule has 8 rings (SSSR count). The van der Waals surface area contributed by atoms with E-state index in [-0.39, 0.29) is 0 Å². The van der Waals surface area contributed by atoms with Gasteiger partial charge in [-0.25, -0.2) is 0 Å². The lowest BCUT2D eigenvalue weighted by molar-refractivity contribution is 0.399. The van der Waals surface area contributed by atoms with Crippen LogP contribution in [0.1, 0.15) is 305 Å². The van der Waals surface area contributed by atoms with Gasteiger partial charge >= 0.3 is 0 Å². The van der Waals surface area contributed by atoms with E-state index in [4.69, 9.17) is 17.5 Å². The molecule has 10 heteroatoms. The lowest BCUT2D eigenvalue weighted by atomic mass is 9.88. The maximum atomic E-state index is 5.18. The van der Waals surface area contributed by atoms with Gasteiger partial charge in [0.25, 0.3) is 0 Å². The molecule has 0 amide bonds. The largest absolute Gasteiger partial charge is 0.172 e. The molecule has 0 aliphatic heterocycles. The molecule has 6 heterocycles. The van der Waals surface area contributed by atoms with Gasteiger partial charge in [0, 0.05) is 60.9 Å². The molecule has 86 heavy (non-hydrogen) atoms. The van der Waals surface area contributed by atoms with Gasteiger partial charge in [-0.15, -0.1) is 45.3 Å². The van der Waals surface area contributed by atoms with Crippen LogP contribution in [0.15, 0.2) is 48.5 Å². The van der Waals surface area contributed by atoms with E-state index >= 15 is 0 Å². The fourth-order valence-electron chi connectivity index (χ4n) is 13.7. The maximum absolute atomic E-state index is 5.18. The van der Waals surface area contributed by atoms with Crippen molar-refractivity contribution >= 4 is 102 Å². The average Bonchev–Trinajstić information content (AvgIpc) is 1.74. The summed E-state index contributed by atoms with van der Waals surface area (Å²) in [5, 5.41) is 2.31. The molecule has 0 saturated heterocycles. The van der Waals surface area contributed by atoms with Gasteiger partial charge in [-0.1, -0.05) is 285 Å². The van der Waals surface area contributed by atoms with Crippen molar-refractivity contribution in [3.8, 4) is 40.4 Å². The van der Waals surface area contributed by atoms with Crippen LogP contribution in [0.25, 0.3) is 73.2 Å². The van der Waals surface area contributed by atoms with Gasteiger partial charge in [-0.2, -0.15) is 17.5 Å². The first kappa shape index (κ1) is 69.0. The van der Waals surface area contributed by atoms with Crippen LogP contribution in [0.5, 0.6) is 0 Å². The summed E-state index contributed by atoms with van der Waals surface area (Å²) in [5.74, 6) is 1.44. The predicted molar refractivity (Wildman–Crippen MR) is 390 cm³/mol. The lowest BCUT2D eigenvalue weighted by Gasteiger charge is -2.17. The van der Waals surface area contributed by atoms with Crippen molar-refractivity contribution in [1.82, 2.24) is 17.5 Å². The highest BCUT2D eigenvalue weighted by Crippen LogP contribution is 2.49. The van der Waals surface area contributed by atoms with E-state index in [1.54, 1.807) is 5.56 Å². The predicted octanol–water partition coefficient (Wildman–Crippen LogP) is 28.4. The summed E-state index contributed by atoms with van der Waals surface area (Å²) in [5.41, 5.74) is 9.54. The molecule has 0 radical (unpaired) electrons. The van der Waals surface area contributed by atoms with Crippen LogP contribution in [-0.2, 0) is 12.8 Å². The van der Waals surface area contributed by atoms with Gasteiger partial charge in [-0.3, -0.25) is 0 Å². The fraction of sp³-hybridized carbons (Fsp3) is 0.658. The average molecular weight is 1270 g/mol. The summed E-state index contributed by atoms with van der Waals surface area (Å²) >= 11 is 10.6. The van der Waals surface area contributed by atoms with Crippen LogP contribution in [-0.4, -0.2) is 17.5 Å². The Morgan fingerprint density at radius 3 is 1.06 bits per heavy atom. The van der Waals surface area contributed by atoms with E-state index in [2.05, 4.69) is 90.1 Å². The number of aromatic nitrogens is 4. The van der Waals surface area contributed by atoms with E-state index in [1.807, 2.05) is 45.3 Å². The third kappa shape index (κ3) is 21.7. The first-order chi connectivity index (χ1) is 42.4. The Morgan fingerprint density at radius 1 is 0.314 bits per heavy atom. The number of thiophene rings is 4. The molecule has 0 fully saturated rings. The highest BCUT2D eigenvalue weighted by Gasteiger charge is 2.25. The molecular weight excluding hydrogens is 1160 g/mol. The number of unbranched alkanes of at least 4 members (excludes halogenated alkanes) is 32. The second-order valence-corrected chi connectivity index (χ2v) is 31.9. The number of hydrogen-bond donors (Lipinski definition) is 0. The van der Waals surface area contributed by atoms with E-state index in [0.717, 1.165) is 45.2 Å². The number of rotatable bonds is 48. The second kappa shape index (κ2) is 39.4. The Morgan fingerprint density at radius 2 is 0.651 bits per heavy atom. The molecular formula is C76H112N4S6. The van der Waals surface area contributed by atoms with Crippen molar-refractivity contribution in [3.63, 3.8) is 0 Å². The van der Waals surface area contributed by atoms with E-state index in [9.17, 15) is 0 Å².